The highest BCUT2D eigenvalue weighted by atomic mass is 17.1. The molecule has 4 nitrogen and oxygen atoms in total. The Labute approximate surface area is 69.7 Å². The number of carbonyl (C=O) groups is 1. The van der Waals surface area contributed by atoms with Gasteiger partial charge in [-0.1, -0.05) is 6.58 Å². The molecule has 3 atom stereocenters. The predicted molar refractivity (Wildman–Crippen MR) is 39.2 cm³/mol. The number of carbonyl (C=O) groups excluding carboxylic acids is 1. The van der Waals surface area contributed by atoms with E-state index >= 15 is 0 Å². The van der Waals surface area contributed by atoms with Gasteiger partial charge in [-0.3, -0.25) is 10.1 Å². The fourth-order valence-corrected chi connectivity index (χ4v) is 1.83. The molecule has 1 aliphatic heterocycles. The molecule has 0 unspecified atom stereocenters. The summed E-state index contributed by atoms with van der Waals surface area (Å²) in [4.78, 5) is 15.3. The fourth-order valence-electron chi connectivity index (χ4n) is 1.83. The van der Waals surface area contributed by atoms with Crippen molar-refractivity contribution < 1.29 is 19.7 Å². The first-order valence-corrected chi connectivity index (χ1v) is 3.91. The first-order chi connectivity index (χ1) is 5.72. The van der Waals surface area contributed by atoms with Crippen LogP contribution in [-0.2, 0) is 14.4 Å². The van der Waals surface area contributed by atoms with Crippen LogP contribution in [-0.4, -0.2) is 23.4 Å². The molecule has 1 heterocycles. The van der Waals surface area contributed by atoms with E-state index in [1.54, 1.807) is 0 Å². The number of fused-ring (bicyclic) bond motifs is 2. The van der Waals surface area contributed by atoms with E-state index in [1.807, 2.05) is 0 Å². The van der Waals surface area contributed by atoms with Crippen molar-refractivity contribution in [1.29, 1.82) is 0 Å². The van der Waals surface area contributed by atoms with E-state index in [-0.39, 0.29) is 18.0 Å². The summed E-state index contributed by atoms with van der Waals surface area (Å²) in [5, 5.41) is 8.48. The van der Waals surface area contributed by atoms with Gasteiger partial charge in [-0.05, 0) is 5.57 Å². The van der Waals surface area contributed by atoms with Gasteiger partial charge in [-0.2, -0.15) is 0 Å². The summed E-state index contributed by atoms with van der Waals surface area (Å²) in [6, 6.07) is 0. The average Bonchev–Trinajstić information content (AvgIpc) is 2.37. The van der Waals surface area contributed by atoms with E-state index in [1.165, 1.54) is 0 Å². The molecular formula is C8H10O4. The molecule has 0 aromatic heterocycles. The second-order valence-corrected chi connectivity index (χ2v) is 3.25. The molecule has 4 heteroatoms. The van der Waals surface area contributed by atoms with Crippen LogP contribution < -0.4 is 0 Å². The Bertz CT molecular complexity index is 235. The van der Waals surface area contributed by atoms with Gasteiger partial charge in [0.25, 0.3) is 0 Å². The van der Waals surface area contributed by atoms with Gasteiger partial charge in [0.15, 0.2) is 0 Å². The van der Waals surface area contributed by atoms with Crippen molar-refractivity contribution in [3.63, 3.8) is 0 Å². The van der Waals surface area contributed by atoms with Crippen molar-refractivity contribution in [1.82, 2.24) is 0 Å². The minimum atomic E-state index is -0.430. The van der Waals surface area contributed by atoms with Crippen molar-refractivity contribution in [2.24, 2.45) is 5.92 Å². The highest BCUT2D eigenvalue weighted by molar-refractivity contribution is 5.78. The SMILES string of the molecule is C=C1[C@@H]2C[C@H](C[C@@H]1OO)OC2=O. The van der Waals surface area contributed by atoms with Crippen LogP contribution in [0.5, 0.6) is 0 Å². The zero-order chi connectivity index (χ0) is 8.72. The van der Waals surface area contributed by atoms with Crippen LogP contribution in [0.2, 0.25) is 0 Å². The van der Waals surface area contributed by atoms with Crippen LogP contribution in [0.25, 0.3) is 0 Å². The number of hydrogen-bond donors (Lipinski definition) is 1. The van der Waals surface area contributed by atoms with Gasteiger partial charge in [0.1, 0.15) is 12.2 Å². The minimum Gasteiger partial charge on any atom is -0.462 e. The highest BCUT2D eigenvalue weighted by Crippen LogP contribution is 2.38. The lowest BCUT2D eigenvalue weighted by Gasteiger charge is -2.23. The van der Waals surface area contributed by atoms with E-state index in [0.29, 0.717) is 18.4 Å². The molecule has 2 bridgehead atoms. The number of ether oxygens (including phenoxy) is 1. The molecule has 0 aromatic carbocycles. The number of esters is 1. The van der Waals surface area contributed by atoms with Crippen molar-refractivity contribution in [2.45, 2.75) is 25.0 Å². The average molecular weight is 170 g/mol. The van der Waals surface area contributed by atoms with Crippen LogP contribution in [0.4, 0.5) is 0 Å². The number of rotatable bonds is 1. The summed E-state index contributed by atoms with van der Waals surface area (Å²) < 4.78 is 5.00. The summed E-state index contributed by atoms with van der Waals surface area (Å²) in [6.07, 6.45) is 0.695. The normalized spacial score (nSPS) is 39.9. The molecule has 1 aliphatic carbocycles. The second kappa shape index (κ2) is 2.57. The smallest absolute Gasteiger partial charge is 0.313 e. The third-order valence-electron chi connectivity index (χ3n) is 2.53. The van der Waals surface area contributed by atoms with E-state index in [4.69, 9.17) is 9.99 Å². The van der Waals surface area contributed by atoms with E-state index < -0.39 is 6.10 Å². The quantitative estimate of drug-likeness (QED) is 0.273. The van der Waals surface area contributed by atoms with Crippen LogP contribution in [0.1, 0.15) is 12.8 Å². The second-order valence-electron chi connectivity index (χ2n) is 3.25. The number of hydrogen-bond acceptors (Lipinski definition) is 4. The largest absolute Gasteiger partial charge is 0.462 e. The Morgan fingerprint density at radius 3 is 3.00 bits per heavy atom. The van der Waals surface area contributed by atoms with Gasteiger partial charge >= 0.3 is 5.97 Å². The van der Waals surface area contributed by atoms with E-state index in [0.717, 1.165) is 0 Å². The third kappa shape index (κ3) is 0.956. The third-order valence-corrected chi connectivity index (χ3v) is 2.53. The fraction of sp³-hybridized carbons (Fsp3) is 0.625. The molecule has 0 amide bonds. The first kappa shape index (κ1) is 7.76. The topological polar surface area (TPSA) is 55.8 Å². The summed E-state index contributed by atoms with van der Waals surface area (Å²) >= 11 is 0. The van der Waals surface area contributed by atoms with Crippen LogP contribution >= 0.6 is 0 Å². The van der Waals surface area contributed by atoms with Gasteiger partial charge in [-0.15, -0.1) is 0 Å². The van der Waals surface area contributed by atoms with Crippen molar-refractivity contribution in [3.05, 3.63) is 12.2 Å². The Balaban J connectivity index is 2.21. The molecule has 2 rings (SSSR count). The maximum Gasteiger partial charge on any atom is 0.313 e. The molecule has 0 aromatic rings. The molecule has 66 valence electrons. The van der Waals surface area contributed by atoms with Crippen LogP contribution in [0.3, 0.4) is 0 Å². The van der Waals surface area contributed by atoms with Gasteiger partial charge < -0.3 is 4.74 Å². The predicted octanol–water partition coefficient (Wildman–Crippen LogP) is 0.736. The van der Waals surface area contributed by atoms with Gasteiger partial charge in [0.05, 0.1) is 5.92 Å². The van der Waals surface area contributed by atoms with Crippen molar-refractivity contribution in [3.8, 4) is 0 Å². The Hall–Kier alpha value is -0.870. The molecule has 2 fully saturated rings. The van der Waals surface area contributed by atoms with Crippen LogP contribution in [0, 0.1) is 5.92 Å². The van der Waals surface area contributed by atoms with E-state index in [2.05, 4.69) is 11.5 Å². The Kier molecular flexibility index (Phi) is 1.66. The Morgan fingerprint density at radius 2 is 2.33 bits per heavy atom. The summed E-state index contributed by atoms with van der Waals surface area (Å²) in [6.45, 7) is 3.71. The zero-order valence-electron chi connectivity index (χ0n) is 6.53. The summed E-state index contributed by atoms with van der Waals surface area (Å²) in [5.74, 6) is -0.495. The lowest BCUT2D eigenvalue weighted by atomic mass is 9.84. The van der Waals surface area contributed by atoms with Gasteiger partial charge in [0.2, 0.25) is 0 Å². The molecule has 0 spiro atoms. The molecular weight excluding hydrogens is 160 g/mol. The minimum absolute atomic E-state index is 0.0925. The molecule has 1 N–H and O–H groups in total. The maximum atomic E-state index is 11.1. The Morgan fingerprint density at radius 1 is 1.58 bits per heavy atom. The molecule has 2 aliphatic rings. The lowest BCUT2D eigenvalue weighted by molar-refractivity contribution is -0.274. The molecule has 1 saturated heterocycles. The molecule has 1 saturated carbocycles. The lowest BCUT2D eigenvalue weighted by Crippen LogP contribution is -2.28. The standard InChI is InChI=1S/C8H10O4/c1-4-6-2-5(11-8(6)9)3-7(4)12-10/h5-7,10H,1-3H2/t5-,6+,7+/m1/s1. The van der Waals surface area contributed by atoms with Crippen LogP contribution in [0.15, 0.2) is 12.2 Å². The zero-order valence-corrected chi connectivity index (χ0v) is 6.53. The van der Waals surface area contributed by atoms with Crippen molar-refractivity contribution >= 4 is 5.97 Å². The maximum absolute atomic E-state index is 11.1. The monoisotopic (exact) mass is 170 g/mol. The molecule has 12 heavy (non-hydrogen) atoms. The highest BCUT2D eigenvalue weighted by Gasteiger charge is 2.45. The van der Waals surface area contributed by atoms with Crippen molar-refractivity contribution in [2.75, 3.05) is 0 Å². The first-order valence-electron chi connectivity index (χ1n) is 3.91. The van der Waals surface area contributed by atoms with E-state index in [9.17, 15) is 4.79 Å². The van der Waals surface area contributed by atoms with Gasteiger partial charge in [-0.25, -0.2) is 4.89 Å². The summed E-state index contributed by atoms with van der Waals surface area (Å²) in [7, 11) is 0. The van der Waals surface area contributed by atoms with Gasteiger partial charge in [0, 0.05) is 12.8 Å². The molecule has 0 radical (unpaired) electrons. The summed E-state index contributed by atoms with van der Waals surface area (Å²) in [5.41, 5.74) is 0.635.